The minimum Gasteiger partial charge on any atom is -0.497 e. The highest BCUT2D eigenvalue weighted by molar-refractivity contribution is 5.83. The van der Waals surface area contributed by atoms with Gasteiger partial charge in [-0.2, -0.15) is 4.68 Å². The van der Waals surface area contributed by atoms with Crippen LogP contribution in [0.3, 0.4) is 0 Å². The molecule has 7 heteroatoms. The molecule has 0 bridgehead atoms. The quantitative estimate of drug-likeness (QED) is 0.480. The Morgan fingerprint density at radius 2 is 1.90 bits per heavy atom. The van der Waals surface area contributed by atoms with Crippen molar-refractivity contribution in [2.75, 3.05) is 13.7 Å². The number of tetrazole rings is 1. The molecular formula is C22H26N6O. The molecule has 0 aliphatic rings. The maximum atomic E-state index is 5.25. The second-order valence-corrected chi connectivity index (χ2v) is 7.43. The fourth-order valence-corrected chi connectivity index (χ4v) is 3.62. The van der Waals surface area contributed by atoms with Gasteiger partial charge in [0.1, 0.15) is 5.75 Å². The van der Waals surface area contributed by atoms with Gasteiger partial charge in [-0.15, -0.1) is 5.10 Å². The number of rotatable bonds is 8. The Morgan fingerprint density at radius 1 is 1.10 bits per heavy atom. The number of nitrogens with one attached hydrogen (secondary N) is 2. The predicted molar refractivity (Wildman–Crippen MR) is 113 cm³/mol. The molecule has 0 aliphatic heterocycles. The van der Waals surface area contributed by atoms with Gasteiger partial charge in [0.2, 0.25) is 0 Å². The summed E-state index contributed by atoms with van der Waals surface area (Å²) in [6, 6.07) is 16.2. The molecule has 1 atom stereocenters. The Labute approximate surface area is 170 Å². The molecule has 2 N–H and O–H groups in total. The molecule has 2 aromatic carbocycles. The molecule has 0 aliphatic carbocycles. The molecule has 29 heavy (non-hydrogen) atoms. The van der Waals surface area contributed by atoms with Crippen molar-refractivity contribution in [1.82, 2.24) is 30.5 Å². The van der Waals surface area contributed by atoms with Gasteiger partial charge < -0.3 is 15.0 Å². The Balaban J connectivity index is 1.50. The van der Waals surface area contributed by atoms with E-state index in [0.29, 0.717) is 5.92 Å². The topological polar surface area (TPSA) is 80.7 Å². The number of benzene rings is 2. The lowest BCUT2D eigenvalue weighted by atomic mass is 10.0. The third-order valence-corrected chi connectivity index (χ3v) is 5.19. The molecule has 7 nitrogen and oxygen atoms in total. The Morgan fingerprint density at radius 3 is 2.66 bits per heavy atom. The molecule has 2 heterocycles. The zero-order chi connectivity index (χ0) is 20.2. The van der Waals surface area contributed by atoms with Crippen LogP contribution in [0.1, 0.15) is 31.3 Å². The number of fused-ring (bicyclic) bond motifs is 1. The van der Waals surface area contributed by atoms with Crippen molar-refractivity contribution in [3.8, 4) is 11.4 Å². The summed E-state index contributed by atoms with van der Waals surface area (Å²) in [6.07, 6.45) is 3.02. The van der Waals surface area contributed by atoms with E-state index in [0.717, 1.165) is 30.2 Å². The van der Waals surface area contributed by atoms with Crippen LogP contribution in [0, 0.1) is 5.92 Å². The molecule has 4 aromatic rings. The van der Waals surface area contributed by atoms with Gasteiger partial charge in [-0.3, -0.25) is 0 Å². The summed E-state index contributed by atoms with van der Waals surface area (Å²) >= 11 is 0. The van der Waals surface area contributed by atoms with Crippen LogP contribution in [0.25, 0.3) is 16.6 Å². The first-order valence-corrected chi connectivity index (χ1v) is 9.88. The number of methoxy groups -OCH3 is 1. The van der Waals surface area contributed by atoms with Crippen LogP contribution in [-0.2, 0) is 6.42 Å². The highest BCUT2D eigenvalue weighted by atomic mass is 16.5. The van der Waals surface area contributed by atoms with Crippen molar-refractivity contribution >= 4 is 10.9 Å². The van der Waals surface area contributed by atoms with Crippen molar-refractivity contribution < 1.29 is 4.74 Å². The van der Waals surface area contributed by atoms with Gasteiger partial charge in [0.05, 0.1) is 18.8 Å². The first kappa shape index (κ1) is 19.1. The van der Waals surface area contributed by atoms with Gasteiger partial charge in [-0.1, -0.05) is 32.0 Å². The Bertz CT molecular complexity index is 1070. The van der Waals surface area contributed by atoms with E-state index in [2.05, 4.69) is 70.1 Å². The van der Waals surface area contributed by atoms with Gasteiger partial charge in [0, 0.05) is 17.1 Å². The first-order valence-electron chi connectivity index (χ1n) is 9.88. The lowest BCUT2D eigenvalue weighted by molar-refractivity contribution is 0.390. The summed E-state index contributed by atoms with van der Waals surface area (Å²) in [5, 5.41) is 17.4. The van der Waals surface area contributed by atoms with Crippen molar-refractivity contribution in [1.29, 1.82) is 0 Å². The van der Waals surface area contributed by atoms with Crippen LogP contribution in [0.4, 0.5) is 0 Å². The van der Waals surface area contributed by atoms with Gasteiger partial charge in [0.25, 0.3) is 0 Å². The number of H-pyrrole nitrogens is 1. The summed E-state index contributed by atoms with van der Waals surface area (Å²) in [5.74, 6) is 1.95. The van der Waals surface area contributed by atoms with Crippen molar-refractivity contribution in [2.24, 2.45) is 5.92 Å². The molecular weight excluding hydrogens is 364 g/mol. The molecule has 2 aromatic heterocycles. The number of ether oxygens (including phenoxy) is 1. The second-order valence-electron chi connectivity index (χ2n) is 7.43. The summed E-state index contributed by atoms with van der Waals surface area (Å²) in [6.45, 7) is 5.19. The van der Waals surface area contributed by atoms with Crippen molar-refractivity contribution in [3.05, 3.63) is 66.1 Å². The van der Waals surface area contributed by atoms with Crippen LogP contribution in [-0.4, -0.2) is 38.8 Å². The number of nitrogens with zero attached hydrogens (tertiary/aromatic N) is 4. The fourth-order valence-electron chi connectivity index (χ4n) is 3.62. The van der Waals surface area contributed by atoms with E-state index in [4.69, 9.17) is 4.74 Å². The third kappa shape index (κ3) is 4.00. The molecule has 0 saturated carbocycles. The molecule has 150 valence electrons. The van der Waals surface area contributed by atoms with E-state index in [-0.39, 0.29) is 6.04 Å². The van der Waals surface area contributed by atoms with Crippen LogP contribution in [0.5, 0.6) is 5.75 Å². The second kappa shape index (κ2) is 8.45. The monoisotopic (exact) mass is 390 g/mol. The lowest BCUT2D eigenvalue weighted by Gasteiger charge is -2.21. The summed E-state index contributed by atoms with van der Waals surface area (Å²) in [7, 11) is 1.66. The standard InChI is InChI=1S/C22H26N6O/c1-15(2)21(23-13-12-16-14-24-20-7-5-4-6-19(16)20)22-25-26-27-28(22)17-8-10-18(29-3)11-9-17/h4-11,14-15,21,23-24H,12-13H2,1-3H3/t21-/m0/s1. The lowest BCUT2D eigenvalue weighted by Crippen LogP contribution is -2.30. The molecule has 0 radical (unpaired) electrons. The Kier molecular flexibility index (Phi) is 5.57. The molecule has 0 saturated heterocycles. The summed E-state index contributed by atoms with van der Waals surface area (Å²) in [4.78, 5) is 3.34. The maximum absolute atomic E-state index is 5.25. The van der Waals surface area contributed by atoms with E-state index >= 15 is 0 Å². The normalized spacial score (nSPS) is 12.6. The molecule has 0 amide bonds. The minimum absolute atomic E-state index is 0.0392. The molecule has 0 fully saturated rings. The Hall–Kier alpha value is -3.19. The number of aromatic amines is 1. The van der Waals surface area contributed by atoms with Crippen LogP contribution < -0.4 is 10.1 Å². The summed E-state index contributed by atoms with van der Waals surface area (Å²) < 4.78 is 7.04. The molecule has 0 unspecified atom stereocenters. The van der Waals surface area contributed by atoms with E-state index < -0.39 is 0 Å². The summed E-state index contributed by atoms with van der Waals surface area (Å²) in [5.41, 5.74) is 3.39. The molecule has 4 rings (SSSR count). The number of aromatic nitrogens is 5. The number of hydrogen-bond donors (Lipinski definition) is 2. The average Bonchev–Trinajstić information content (AvgIpc) is 3.38. The van der Waals surface area contributed by atoms with Crippen molar-refractivity contribution in [3.63, 3.8) is 0 Å². The average molecular weight is 390 g/mol. The van der Waals surface area contributed by atoms with E-state index in [1.807, 2.05) is 24.3 Å². The number of para-hydroxylation sites is 1. The van der Waals surface area contributed by atoms with Crippen LogP contribution in [0.15, 0.2) is 54.7 Å². The van der Waals surface area contributed by atoms with E-state index in [9.17, 15) is 0 Å². The third-order valence-electron chi connectivity index (χ3n) is 5.19. The van der Waals surface area contributed by atoms with Crippen molar-refractivity contribution in [2.45, 2.75) is 26.3 Å². The smallest absolute Gasteiger partial charge is 0.173 e. The van der Waals surface area contributed by atoms with Crippen LogP contribution in [0.2, 0.25) is 0 Å². The fraction of sp³-hybridized carbons (Fsp3) is 0.318. The predicted octanol–water partition coefficient (Wildman–Crippen LogP) is 3.68. The van der Waals surface area contributed by atoms with Gasteiger partial charge in [-0.05, 0) is 65.2 Å². The van der Waals surface area contributed by atoms with Crippen LogP contribution >= 0.6 is 0 Å². The number of hydrogen-bond acceptors (Lipinski definition) is 5. The SMILES string of the molecule is COc1ccc(-n2nnnc2[C@@H](NCCc2c[nH]c3ccccc23)C(C)C)cc1. The largest absolute Gasteiger partial charge is 0.497 e. The highest BCUT2D eigenvalue weighted by Crippen LogP contribution is 2.23. The molecule has 0 spiro atoms. The first-order chi connectivity index (χ1) is 14.2. The zero-order valence-electron chi connectivity index (χ0n) is 17.0. The highest BCUT2D eigenvalue weighted by Gasteiger charge is 2.23. The maximum Gasteiger partial charge on any atom is 0.173 e. The minimum atomic E-state index is 0.0392. The zero-order valence-corrected chi connectivity index (χ0v) is 17.0. The van der Waals surface area contributed by atoms with Gasteiger partial charge >= 0.3 is 0 Å². The van der Waals surface area contributed by atoms with E-state index in [1.54, 1.807) is 11.8 Å². The van der Waals surface area contributed by atoms with E-state index in [1.165, 1.54) is 16.5 Å². The van der Waals surface area contributed by atoms with Gasteiger partial charge in [-0.25, -0.2) is 0 Å². The van der Waals surface area contributed by atoms with Gasteiger partial charge in [0.15, 0.2) is 5.82 Å².